The van der Waals surface area contributed by atoms with Gasteiger partial charge in [-0.05, 0) is 59.3 Å². The van der Waals surface area contributed by atoms with E-state index in [-0.39, 0.29) is 11.5 Å². The van der Waals surface area contributed by atoms with E-state index in [0.29, 0.717) is 22.4 Å². The van der Waals surface area contributed by atoms with E-state index in [4.69, 9.17) is 9.84 Å². The summed E-state index contributed by atoms with van der Waals surface area (Å²) < 4.78 is 5.80. The summed E-state index contributed by atoms with van der Waals surface area (Å²) in [5.74, 6) is -0.432. The molecule has 0 radical (unpaired) electrons. The average Bonchev–Trinajstić information content (AvgIpc) is 3.07. The minimum atomic E-state index is -1.02. The van der Waals surface area contributed by atoms with Gasteiger partial charge in [-0.1, -0.05) is 48.5 Å². The number of thioether (sulfide) groups is 1. The third-order valence-electron chi connectivity index (χ3n) is 4.75. The van der Waals surface area contributed by atoms with Crippen molar-refractivity contribution in [1.82, 2.24) is 4.90 Å². The van der Waals surface area contributed by atoms with Crippen LogP contribution in [0.3, 0.4) is 0 Å². The molecule has 1 saturated heterocycles. The van der Waals surface area contributed by atoms with Crippen molar-refractivity contribution in [1.29, 1.82) is 0 Å². The summed E-state index contributed by atoms with van der Waals surface area (Å²) in [7, 11) is 1.65. The van der Waals surface area contributed by atoms with Crippen LogP contribution in [0, 0.1) is 0 Å². The van der Waals surface area contributed by atoms with Gasteiger partial charge in [0.15, 0.2) is 5.17 Å². The number of benzene rings is 3. The summed E-state index contributed by atoms with van der Waals surface area (Å²) in [6, 6.07) is 23.8. The van der Waals surface area contributed by atoms with Crippen LogP contribution in [-0.4, -0.2) is 34.1 Å². The Labute approximate surface area is 189 Å². The third-order valence-corrected chi connectivity index (χ3v) is 5.81. The fourth-order valence-corrected chi connectivity index (χ4v) is 4.01. The number of carbonyl (C=O) groups is 2. The number of carboxylic acids is 1. The normalized spacial score (nSPS) is 16.0. The second kappa shape index (κ2) is 9.53. The number of amides is 1. The number of aromatic carboxylic acids is 1. The monoisotopic (exact) mass is 444 g/mol. The lowest BCUT2D eigenvalue weighted by Gasteiger charge is -2.07. The smallest absolute Gasteiger partial charge is 0.335 e. The van der Waals surface area contributed by atoms with Crippen molar-refractivity contribution in [2.24, 2.45) is 4.99 Å². The molecule has 6 nitrogen and oxygen atoms in total. The molecule has 1 amide bonds. The van der Waals surface area contributed by atoms with Crippen molar-refractivity contribution in [3.8, 4) is 5.75 Å². The maximum atomic E-state index is 12.6. The third kappa shape index (κ3) is 5.07. The molecule has 0 aromatic heterocycles. The number of carbonyl (C=O) groups excluding carboxylic acids is 1. The SMILES string of the molecule is CN1C(=O)C(=Cc2ccc(OCc3ccccc3)cc2)SC1=Nc1cccc(C(=O)O)c1. The average molecular weight is 445 g/mol. The van der Waals surface area contributed by atoms with Crippen LogP contribution in [-0.2, 0) is 11.4 Å². The number of aliphatic imine (C=N–C) groups is 1. The number of amidine groups is 1. The predicted octanol–water partition coefficient (Wildman–Crippen LogP) is 5.20. The molecule has 1 N–H and O–H groups in total. The second-order valence-corrected chi connectivity index (χ2v) is 8.08. The Bertz CT molecular complexity index is 1200. The van der Waals surface area contributed by atoms with Crippen LogP contribution in [0.15, 0.2) is 88.8 Å². The van der Waals surface area contributed by atoms with Gasteiger partial charge < -0.3 is 9.84 Å². The molecule has 0 atom stereocenters. The number of rotatable bonds is 6. The van der Waals surface area contributed by atoms with Crippen molar-refractivity contribution in [2.75, 3.05) is 7.05 Å². The van der Waals surface area contributed by atoms with Crippen molar-refractivity contribution in [3.63, 3.8) is 0 Å². The van der Waals surface area contributed by atoms with Crippen LogP contribution in [0.4, 0.5) is 5.69 Å². The van der Waals surface area contributed by atoms with E-state index in [1.807, 2.05) is 54.6 Å². The Kier molecular flexibility index (Phi) is 6.37. The molecule has 32 heavy (non-hydrogen) atoms. The van der Waals surface area contributed by atoms with Crippen LogP contribution < -0.4 is 4.74 Å². The molecule has 160 valence electrons. The highest BCUT2D eigenvalue weighted by molar-refractivity contribution is 8.18. The van der Waals surface area contributed by atoms with Gasteiger partial charge in [-0.3, -0.25) is 9.69 Å². The van der Waals surface area contributed by atoms with E-state index in [0.717, 1.165) is 16.9 Å². The first-order valence-electron chi connectivity index (χ1n) is 9.86. The zero-order valence-corrected chi connectivity index (χ0v) is 18.1. The molecule has 0 saturated carbocycles. The Morgan fingerprint density at radius 2 is 1.81 bits per heavy atom. The molecule has 1 heterocycles. The second-order valence-electron chi connectivity index (χ2n) is 7.07. The van der Waals surface area contributed by atoms with Gasteiger partial charge in [0.1, 0.15) is 12.4 Å². The standard InChI is InChI=1S/C25H20N2O4S/c1-27-23(28)22(32-25(27)26-20-9-5-8-19(15-20)24(29)30)14-17-10-12-21(13-11-17)31-16-18-6-3-2-4-7-18/h2-15H,16H2,1H3,(H,29,30). The number of carboxylic acid groups (broad SMARTS) is 1. The lowest BCUT2D eigenvalue weighted by atomic mass is 10.2. The first-order chi connectivity index (χ1) is 15.5. The zero-order chi connectivity index (χ0) is 22.5. The fraction of sp³-hybridized carbons (Fsp3) is 0.0800. The molecule has 0 aliphatic carbocycles. The maximum absolute atomic E-state index is 12.6. The number of likely N-dealkylation sites (N-methyl/N-ethyl adjacent to an activating group) is 1. The topological polar surface area (TPSA) is 79.2 Å². The first kappa shape index (κ1) is 21.4. The van der Waals surface area contributed by atoms with Gasteiger partial charge in [0.2, 0.25) is 0 Å². The summed E-state index contributed by atoms with van der Waals surface area (Å²) in [4.78, 5) is 30.3. The minimum Gasteiger partial charge on any atom is -0.489 e. The number of hydrogen-bond donors (Lipinski definition) is 1. The van der Waals surface area contributed by atoms with Crippen LogP contribution in [0.5, 0.6) is 5.75 Å². The van der Waals surface area contributed by atoms with Crippen molar-refractivity contribution in [3.05, 3.63) is 100 Å². The Balaban J connectivity index is 1.46. The van der Waals surface area contributed by atoms with E-state index in [2.05, 4.69) is 4.99 Å². The van der Waals surface area contributed by atoms with Crippen molar-refractivity contribution < 1.29 is 19.4 Å². The molecule has 1 aliphatic rings. The lowest BCUT2D eigenvalue weighted by molar-refractivity contribution is -0.121. The highest BCUT2D eigenvalue weighted by Crippen LogP contribution is 2.33. The Morgan fingerprint density at radius 3 is 2.53 bits per heavy atom. The number of ether oxygens (including phenoxy) is 1. The largest absolute Gasteiger partial charge is 0.489 e. The summed E-state index contributed by atoms with van der Waals surface area (Å²) >= 11 is 1.25. The summed E-state index contributed by atoms with van der Waals surface area (Å²) in [6.07, 6.45) is 1.81. The summed E-state index contributed by atoms with van der Waals surface area (Å²) in [6.45, 7) is 0.489. The first-order valence-corrected chi connectivity index (χ1v) is 10.7. The molecule has 4 rings (SSSR count). The molecular formula is C25H20N2O4S. The van der Waals surface area contributed by atoms with Gasteiger partial charge in [-0.25, -0.2) is 9.79 Å². The number of nitrogens with zero attached hydrogens (tertiary/aromatic N) is 2. The van der Waals surface area contributed by atoms with E-state index < -0.39 is 5.97 Å². The maximum Gasteiger partial charge on any atom is 0.335 e. The quantitative estimate of drug-likeness (QED) is 0.529. The van der Waals surface area contributed by atoms with E-state index in [1.54, 1.807) is 25.3 Å². The molecule has 0 spiro atoms. The molecular weight excluding hydrogens is 424 g/mol. The molecule has 1 fully saturated rings. The lowest BCUT2D eigenvalue weighted by Crippen LogP contribution is -2.23. The van der Waals surface area contributed by atoms with E-state index in [1.165, 1.54) is 28.8 Å². The molecule has 3 aromatic carbocycles. The summed E-state index contributed by atoms with van der Waals surface area (Å²) in [5, 5.41) is 9.64. The summed E-state index contributed by atoms with van der Waals surface area (Å²) in [5.41, 5.74) is 2.59. The number of hydrogen-bond acceptors (Lipinski definition) is 5. The fourth-order valence-electron chi connectivity index (χ4n) is 3.02. The van der Waals surface area contributed by atoms with E-state index >= 15 is 0 Å². The van der Waals surface area contributed by atoms with Gasteiger partial charge in [0, 0.05) is 7.05 Å². The van der Waals surface area contributed by atoms with Gasteiger partial charge in [0.05, 0.1) is 16.2 Å². The highest BCUT2D eigenvalue weighted by atomic mass is 32.2. The van der Waals surface area contributed by atoms with Gasteiger partial charge in [0.25, 0.3) is 5.91 Å². The Hall–Kier alpha value is -3.84. The predicted molar refractivity (Wildman–Crippen MR) is 126 cm³/mol. The minimum absolute atomic E-state index is 0.147. The van der Waals surface area contributed by atoms with Gasteiger partial charge in [-0.2, -0.15) is 0 Å². The molecule has 0 bridgehead atoms. The highest BCUT2D eigenvalue weighted by Gasteiger charge is 2.30. The van der Waals surface area contributed by atoms with Gasteiger partial charge in [-0.15, -0.1) is 0 Å². The molecule has 3 aromatic rings. The molecule has 0 unspecified atom stereocenters. The Morgan fingerprint density at radius 1 is 1.06 bits per heavy atom. The van der Waals surface area contributed by atoms with Crippen LogP contribution >= 0.6 is 11.8 Å². The molecule has 1 aliphatic heterocycles. The van der Waals surface area contributed by atoms with Gasteiger partial charge >= 0.3 is 5.97 Å². The van der Waals surface area contributed by atoms with E-state index in [9.17, 15) is 9.59 Å². The van der Waals surface area contributed by atoms with Crippen molar-refractivity contribution >= 4 is 40.6 Å². The zero-order valence-electron chi connectivity index (χ0n) is 17.3. The van der Waals surface area contributed by atoms with Crippen LogP contribution in [0.25, 0.3) is 6.08 Å². The molecule has 7 heteroatoms. The van der Waals surface area contributed by atoms with Crippen LogP contribution in [0.1, 0.15) is 21.5 Å². The van der Waals surface area contributed by atoms with Crippen molar-refractivity contribution in [2.45, 2.75) is 6.61 Å². The van der Waals surface area contributed by atoms with Crippen LogP contribution in [0.2, 0.25) is 0 Å².